The van der Waals surface area contributed by atoms with Gasteiger partial charge in [-0.1, -0.05) is 6.07 Å². The van der Waals surface area contributed by atoms with E-state index in [2.05, 4.69) is 15.3 Å². The van der Waals surface area contributed by atoms with E-state index in [0.29, 0.717) is 30.2 Å². The molecule has 1 aromatic carbocycles. The molecule has 3 aromatic rings. The lowest BCUT2D eigenvalue weighted by Crippen LogP contribution is -2.29. The summed E-state index contributed by atoms with van der Waals surface area (Å²) in [6.45, 7) is 1.43. The van der Waals surface area contributed by atoms with Crippen molar-refractivity contribution >= 4 is 17.0 Å². The lowest BCUT2D eigenvalue weighted by atomic mass is 10.1. The third-order valence-corrected chi connectivity index (χ3v) is 4.49. The number of rotatable bonds is 4. The molecule has 2 aromatic heterocycles. The van der Waals surface area contributed by atoms with Crippen LogP contribution in [0.4, 0.5) is 10.3 Å². The fraction of sp³-hybridized carbons (Fsp3) is 0.316. The highest BCUT2D eigenvalue weighted by Gasteiger charge is 2.16. The molecule has 4 rings (SSSR count). The molecule has 0 atom stereocenters. The van der Waals surface area contributed by atoms with Crippen molar-refractivity contribution in [1.82, 2.24) is 14.5 Å². The summed E-state index contributed by atoms with van der Waals surface area (Å²) in [6.07, 6.45) is 3.42. The Bertz CT molecular complexity index is 1030. The maximum atomic E-state index is 13.3. The minimum Gasteiger partial charge on any atom is -0.451 e. The van der Waals surface area contributed by atoms with Crippen molar-refractivity contribution in [2.45, 2.75) is 18.9 Å². The molecule has 1 saturated heterocycles. The van der Waals surface area contributed by atoms with Gasteiger partial charge < -0.3 is 14.8 Å². The van der Waals surface area contributed by atoms with E-state index in [9.17, 15) is 9.18 Å². The molecule has 0 unspecified atom stereocenters. The van der Waals surface area contributed by atoms with Crippen LogP contribution in [0.15, 0.2) is 41.3 Å². The average Bonchev–Trinajstić information content (AvgIpc) is 2.67. The Hall–Kier alpha value is -3.00. The molecule has 0 saturated carbocycles. The third-order valence-electron chi connectivity index (χ3n) is 4.49. The van der Waals surface area contributed by atoms with Crippen LogP contribution in [0.25, 0.3) is 11.0 Å². The fourth-order valence-electron chi connectivity index (χ4n) is 3.04. The standard InChI is InChI=1S/C19H19FN4O3/c1-24-17-12(11-21-19(23-17)22-14-5-7-26-8-6-14)9-16(18(24)25)27-15-4-2-3-13(20)10-15/h2-4,9-11,14H,5-8H2,1H3,(H,21,22,23). The highest BCUT2D eigenvalue weighted by molar-refractivity contribution is 5.76. The number of hydrogen-bond donors (Lipinski definition) is 1. The first-order valence-electron chi connectivity index (χ1n) is 8.74. The minimum absolute atomic E-state index is 0.0874. The number of halogens is 1. The fourth-order valence-corrected chi connectivity index (χ4v) is 3.04. The molecule has 1 N–H and O–H groups in total. The smallest absolute Gasteiger partial charge is 0.294 e. The van der Waals surface area contributed by atoms with Crippen molar-refractivity contribution in [2.75, 3.05) is 18.5 Å². The molecule has 140 valence electrons. The Balaban J connectivity index is 1.65. The lowest BCUT2D eigenvalue weighted by molar-refractivity contribution is 0.0903. The number of aryl methyl sites for hydroxylation is 1. The second-order valence-electron chi connectivity index (χ2n) is 6.44. The Morgan fingerprint density at radius 2 is 2.11 bits per heavy atom. The zero-order chi connectivity index (χ0) is 18.8. The van der Waals surface area contributed by atoms with Crippen molar-refractivity contribution in [2.24, 2.45) is 7.05 Å². The number of benzene rings is 1. The van der Waals surface area contributed by atoms with E-state index < -0.39 is 5.82 Å². The van der Waals surface area contributed by atoms with E-state index in [0.717, 1.165) is 12.8 Å². The quantitative estimate of drug-likeness (QED) is 0.761. The number of pyridine rings is 1. The molecule has 1 fully saturated rings. The number of fused-ring (bicyclic) bond motifs is 1. The molecule has 7 nitrogen and oxygen atoms in total. The Morgan fingerprint density at radius 1 is 1.30 bits per heavy atom. The predicted molar refractivity (Wildman–Crippen MR) is 98.7 cm³/mol. The number of anilines is 1. The zero-order valence-corrected chi connectivity index (χ0v) is 14.8. The van der Waals surface area contributed by atoms with E-state index >= 15 is 0 Å². The normalized spacial score (nSPS) is 15.0. The van der Waals surface area contributed by atoms with Gasteiger partial charge in [0.2, 0.25) is 5.95 Å². The average molecular weight is 370 g/mol. The first-order valence-corrected chi connectivity index (χ1v) is 8.74. The maximum Gasteiger partial charge on any atom is 0.294 e. The van der Waals surface area contributed by atoms with Crippen LogP contribution in [0.1, 0.15) is 12.8 Å². The molecular weight excluding hydrogens is 351 g/mol. The number of nitrogens with one attached hydrogen (secondary N) is 1. The molecule has 1 aliphatic rings. The summed E-state index contributed by atoms with van der Waals surface area (Å²) < 4.78 is 25.7. The zero-order valence-electron chi connectivity index (χ0n) is 14.8. The first kappa shape index (κ1) is 17.4. The van der Waals surface area contributed by atoms with Crippen molar-refractivity contribution in [1.29, 1.82) is 0 Å². The minimum atomic E-state index is -0.433. The van der Waals surface area contributed by atoms with Crippen molar-refractivity contribution in [3.63, 3.8) is 0 Å². The molecule has 3 heterocycles. The van der Waals surface area contributed by atoms with E-state index in [1.165, 1.54) is 22.8 Å². The lowest BCUT2D eigenvalue weighted by Gasteiger charge is -2.23. The first-order chi connectivity index (χ1) is 13.1. The number of nitrogens with zero attached hydrogens (tertiary/aromatic N) is 3. The summed E-state index contributed by atoms with van der Waals surface area (Å²) >= 11 is 0. The molecule has 8 heteroatoms. The van der Waals surface area contributed by atoms with Gasteiger partial charge in [0.25, 0.3) is 5.56 Å². The van der Waals surface area contributed by atoms with Crippen LogP contribution in [-0.4, -0.2) is 33.8 Å². The van der Waals surface area contributed by atoms with Gasteiger partial charge in [-0.2, -0.15) is 4.98 Å². The summed E-state index contributed by atoms with van der Waals surface area (Å²) in [5, 5.41) is 3.94. The van der Waals surface area contributed by atoms with E-state index in [-0.39, 0.29) is 23.1 Å². The van der Waals surface area contributed by atoms with Crippen LogP contribution in [0.3, 0.4) is 0 Å². The molecule has 0 amide bonds. The van der Waals surface area contributed by atoms with Crippen LogP contribution in [0.5, 0.6) is 11.5 Å². The van der Waals surface area contributed by atoms with Gasteiger partial charge in [-0.25, -0.2) is 9.37 Å². The SMILES string of the molecule is Cn1c(=O)c(Oc2cccc(F)c2)cc2cnc(NC3CCOCC3)nc21. The van der Waals surface area contributed by atoms with Crippen molar-refractivity contribution in [3.8, 4) is 11.5 Å². The summed E-state index contributed by atoms with van der Waals surface area (Å²) in [7, 11) is 1.62. The van der Waals surface area contributed by atoms with Gasteiger partial charge in [0, 0.05) is 44.0 Å². The summed E-state index contributed by atoms with van der Waals surface area (Å²) in [6, 6.07) is 7.47. The largest absolute Gasteiger partial charge is 0.451 e. The summed E-state index contributed by atoms with van der Waals surface area (Å²) in [5.74, 6) is 0.384. The molecule has 0 aliphatic carbocycles. The summed E-state index contributed by atoms with van der Waals surface area (Å²) in [5.41, 5.74) is 0.138. The van der Waals surface area contributed by atoms with Crippen molar-refractivity contribution in [3.05, 3.63) is 52.7 Å². The van der Waals surface area contributed by atoms with E-state index in [1.807, 2.05) is 0 Å². The molecule has 0 spiro atoms. The van der Waals surface area contributed by atoms with Gasteiger partial charge in [-0.3, -0.25) is 9.36 Å². The highest BCUT2D eigenvalue weighted by atomic mass is 19.1. The summed E-state index contributed by atoms with van der Waals surface area (Å²) in [4.78, 5) is 21.4. The Kier molecular flexibility index (Phi) is 4.72. The van der Waals surface area contributed by atoms with Gasteiger partial charge in [0.1, 0.15) is 17.2 Å². The van der Waals surface area contributed by atoms with Gasteiger partial charge >= 0.3 is 0 Å². The van der Waals surface area contributed by atoms with Crippen LogP contribution in [-0.2, 0) is 11.8 Å². The van der Waals surface area contributed by atoms with E-state index in [4.69, 9.17) is 9.47 Å². The maximum absolute atomic E-state index is 13.3. The topological polar surface area (TPSA) is 78.3 Å². The Labute approximate surface area is 154 Å². The van der Waals surface area contributed by atoms with Crippen LogP contribution in [0.2, 0.25) is 0 Å². The second-order valence-corrected chi connectivity index (χ2v) is 6.44. The van der Waals surface area contributed by atoms with Crippen molar-refractivity contribution < 1.29 is 13.9 Å². The predicted octanol–water partition coefficient (Wildman–Crippen LogP) is 2.85. The van der Waals surface area contributed by atoms with Gasteiger partial charge in [0.15, 0.2) is 5.75 Å². The third kappa shape index (κ3) is 3.75. The molecule has 0 radical (unpaired) electrons. The molecule has 27 heavy (non-hydrogen) atoms. The van der Waals surface area contributed by atoms with Gasteiger partial charge in [-0.05, 0) is 31.0 Å². The molecule has 0 bridgehead atoms. The van der Waals surface area contributed by atoms with Crippen LogP contribution < -0.4 is 15.6 Å². The molecular formula is C19H19FN4O3. The van der Waals surface area contributed by atoms with Gasteiger partial charge in [0.05, 0.1) is 0 Å². The second kappa shape index (κ2) is 7.32. The van der Waals surface area contributed by atoms with E-state index in [1.54, 1.807) is 25.4 Å². The molecule has 1 aliphatic heterocycles. The monoisotopic (exact) mass is 370 g/mol. The van der Waals surface area contributed by atoms with Gasteiger partial charge in [-0.15, -0.1) is 0 Å². The number of aromatic nitrogens is 3. The van der Waals surface area contributed by atoms with Crippen LogP contribution >= 0.6 is 0 Å². The number of ether oxygens (including phenoxy) is 2. The Morgan fingerprint density at radius 3 is 2.89 bits per heavy atom. The number of hydrogen-bond acceptors (Lipinski definition) is 6. The highest BCUT2D eigenvalue weighted by Crippen LogP contribution is 2.22. The van der Waals surface area contributed by atoms with Crippen LogP contribution in [0, 0.1) is 5.82 Å².